The third-order valence-electron chi connectivity index (χ3n) is 5.24. The van der Waals surface area contributed by atoms with Crippen molar-refractivity contribution in [1.29, 1.82) is 0 Å². The summed E-state index contributed by atoms with van der Waals surface area (Å²) in [5.41, 5.74) is 0.568. The molecule has 28 heavy (non-hydrogen) atoms. The molecule has 1 atom stereocenters. The number of nitrogens with zero attached hydrogens (tertiary/aromatic N) is 5. The van der Waals surface area contributed by atoms with Crippen LogP contribution >= 0.6 is 0 Å². The fourth-order valence-corrected chi connectivity index (χ4v) is 3.72. The summed E-state index contributed by atoms with van der Waals surface area (Å²) in [5.74, 6) is 1.61. The lowest BCUT2D eigenvalue weighted by atomic mass is 9.97. The standard InChI is InChI=1S/C21H23N5O2/c1-21(20-22-23-24-26(20)16-17-8-4-2-5-9-17)13-12-19(27)25(21)14-15-28-18-10-6-3-7-11-18/h2-11H,12-16H2,1H3. The zero-order valence-electron chi connectivity index (χ0n) is 15.9. The molecule has 1 aliphatic heterocycles. The van der Waals surface area contributed by atoms with Gasteiger partial charge in [0.25, 0.3) is 0 Å². The molecule has 0 aliphatic carbocycles. The van der Waals surface area contributed by atoms with E-state index in [9.17, 15) is 4.79 Å². The predicted octanol–water partition coefficient (Wildman–Crippen LogP) is 2.64. The molecule has 7 heteroatoms. The van der Waals surface area contributed by atoms with E-state index in [0.29, 0.717) is 38.4 Å². The average Bonchev–Trinajstić information content (AvgIpc) is 3.30. The van der Waals surface area contributed by atoms with Crippen molar-refractivity contribution < 1.29 is 9.53 Å². The summed E-state index contributed by atoms with van der Waals surface area (Å²) in [7, 11) is 0. The molecule has 4 rings (SSSR count). The zero-order chi connectivity index (χ0) is 19.4. The van der Waals surface area contributed by atoms with Crippen molar-refractivity contribution in [3.05, 3.63) is 72.1 Å². The van der Waals surface area contributed by atoms with Crippen molar-refractivity contribution >= 4 is 5.91 Å². The summed E-state index contributed by atoms with van der Waals surface area (Å²) in [6.07, 6.45) is 1.17. The molecule has 1 saturated heterocycles. The van der Waals surface area contributed by atoms with Gasteiger partial charge in [-0.15, -0.1) is 5.10 Å². The number of ether oxygens (including phenoxy) is 1. The third-order valence-corrected chi connectivity index (χ3v) is 5.24. The molecule has 0 radical (unpaired) electrons. The van der Waals surface area contributed by atoms with Crippen molar-refractivity contribution in [3.8, 4) is 5.75 Å². The number of carbonyl (C=O) groups excluding carboxylic acids is 1. The summed E-state index contributed by atoms with van der Waals surface area (Å²) >= 11 is 0. The highest BCUT2D eigenvalue weighted by molar-refractivity contribution is 5.79. The molecule has 144 valence electrons. The summed E-state index contributed by atoms with van der Waals surface area (Å²) < 4.78 is 7.59. The monoisotopic (exact) mass is 377 g/mol. The van der Waals surface area contributed by atoms with Gasteiger partial charge in [-0.3, -0.25) is 4.79 Å². The Labute approximate surface area is 163 Å². The molecule has 1 unspecified atom stereocenters. The van der Waals surface area contributed by atoms with Gasteiger partial charge in [0.05, 0.1) is 13.1 Å². The largest absolute Gasteiger partial charge is 0.492 e. The topological polar surface area (TPSA) is 73.1 Å². The number of aromatic nitrogens is 4. The number of amides is 1. The Hall–Kier alpha value is -3.22. The summed E-state index contributed by atoms with van der Waals surface area (Å²) in [4.78, 5) is 14.4. The molecule has 1 aromatic heterocycles. The van der Waals surface area contributed by atoms with E-state index in [2.05, 4.69) is 15.5 Å². The molecule has 2 heterocycles. The van der Waals surface area contributed by atoms with Gasteiger partial charge in [0, 0.05) is 6.42 Å². The Balaban J connectivity index is 1.51. The number of likely N-dealkylation sites (tertiary alicyclic amines) is 1. The van der Waals surface area contributed by atoms with Crippen molar-refractivity contribution in [2.75, 3.05) is 13.2 Å². The molecule has 0 spiro atoms. The highest BCUT2D eigenvalue weighted by atomic mass is 16.5. The van der Waals surface area contributed by atoms with Gasteiger partial charge >= 0.3 is 0 Å². The van der Waals surface area contributed by atoms with Crippen LogP contribution in [-0.2, 0) is 16.9 Å². The van der Waals surface area contributed by atoms with Crippen molar-refractivity contribution in [2.45, 2.75) is 31.8 Å². The predicted molar refractivity (Wildman–Crippen MR) is 104 cm³/mol. The molecule has 2 aromatic carbocycles. The lowest BCUT2D eigenvalue weighted by Gasteiger charge is -2.34. The van der Waals surface area contributed by atoms with Gasteiger partial charge in [0.1, 0.15) is 17.9 Å². The number of benzene rings is 2. The second-order valence-electron chi connectivity index (χ2n) is 7.13. The lowest BCUT2D eigenvalue weighted by Crippen LogP contribution is -2.45. The van der Waals surface area contributed by atoms with Crippen LogP contribution in [0.1, 0.15) is 31.2 Å². The molecular weight excluding hydrogens is 354 g/mol. The van der Waals surface area contributed by atoms with Crippen LogP contribution in [0.4, 0.5) is 0 Å². The van der Waals surface area contributed by atoms with Gasteiger partial charge in [0.15, 0.2) is 5.82 Å². The maximum absolute atomic E-state index is 12.6. The summed E-state index contributed by atoms with van der Waals surface area (Å²) in [5, 5.41) is 12.3. The van der Waals surface area contributed by atoms with Crippen LogP contribution in [0.25, 0.3) is 0 Å². The number of tetrazole rings is 1. The summed E-state index contributed by atoms with van der Waals surface area (Å²) in [6.45, 7) is 3.52. The Morgan fingerprint density at radius 3 is 2.54 bits per heavy atom. The smallest absolute Gasteiger partial charge is 0.223 e. The quantitative estimate of drug-likeness (QED) is 0.633. The van der Waals surface area contributed by atoms with Gasteiger partial charge in [-0.05, 0) is 41.5 Å². The first kappa shape index (κ1) is 18.2. The Kier molecular flexibility index (Phi) is 5.06. The first-order chi connectivity index (χ1) is 13.7. The van der Waals surface area contributed by atoms with Gasteiger partial charge in [-0.2, -0.15) is 0 Å². The highest BCUT2D eigenvalue weighted by Gasteiger charge is 2.46. The number of hydrogen-bond acceptors (Lipinski definition) is 5. The van der Waals surface area contributed by atoms with Gasteiger partial charge < -0.3 is 9.64 Å². The van der Waals surface area contributed by atoms with Gasteiger partial charge in [0.2, 0.25) is 5.91 Å². The van der Waals surface area contributed by atoms with E-state index < -0.39 is 5.54 Å². The van der Waals surface area contributed by atoms with Crippen LogP contribution < -0.4 is 4.74 Å². The minimum absolute atomic E-state index is 0.105. The molecule has 7 nitrogen and oxygen atoms in total. The van der Waals surface area contributed by atoms with E-state index in [1.807, 2.05) is 72.5 Å². The van der Waals surface area contributed by atoms with Crippen molar-refractivity contribution in [1.82, 2.24) is 25.1 Å². The number of hydrogen-bond donors (Lipinski definition) is 0. The fourth-order valence-electron chi connectivity index (χ4n) is 3.72. The minimum atomic E-state index is -0.546. The lowest BCUT2D eigenvalue weighted by molar-refractivity contribution is -0.131. The first-order valence-electron chi connectivity index (χ1n) is 9.46. The van der Waals surface area contributed by atoms with E-state index >= 15 is 0 Å². The van der Waals surface area contributed by atoms with Gasteiger partial charge in [-0.1, -0.05) is 48.5 Å². The van der Waals surface area contributed by atoms with E-state index in [-0.39, 0.29) is 5.91 Å². The van der Waals surface area contributed by atoms with Crippen LogP contribution in [0.3, 0.4) is 0 Å². The minimum Gasteiger partial charge on any atom is -0.492 e. The van der Waals surface area contributed by atoms with Crippen LogP contribution in [0.2, 0.25) is 0 Å². The van der Waals surface area contributed by atoms with Crippen molar-refractivity contribution in [2.24, 2.45) is 0 Å². The number of carbonyl (C=O) groups is 1. The molecule has 0 bridgehead atoms. The van der Waals surface area contributed by atoms with Gasteiger partial charge in [-0.25, -0.2) is 4.68 Å². The zero-order valence-corrected chi connectivity index (χ0v) is 15.9. The maximum Gasteiger partial charge on any atom is 0.223 e. The molecule has 1 fully saturated rings. The highest BCUT2D eigenvalue weighted by Crippen LogP contribution is 2.37. The average molecular weight is 377 g/mol. The molecule has 1 aliphatic rings. The first-order valence-corrected chi connectivity index (χ1v) is 9.46. The SMILES string of the molecule is CC1(c2nnnn2Cc2ccccc2)CCC(=O)N1CCOc1ccccc1. The normalized spacial score (nSPS) is 19.2. The van der Waals surface area contributed by atoms with Crippen LogP contribution in [-0.4, -0.2) is 44.2 Å². The summed E-state index contributed by atoms with van der Waals surface area (Å²) in [6, 6.07) is 19.7. The van der Waals surface area contributed by atoms with Crippen LogP contribution in [0.5, 0.6) is 5.75 Å². The van der Waals surface area contributed by atoms with E-state index in [1.165, 1.54) is 0 Å². The van der Waals surface area contributed by atoms with Crippen LogP contribution in [0.15, 0.2) is 60.7 Å². The Morgan fingerprint density at radius 2 is 1.79 bits per heavy atom. The molecule has 3 aromatic rings. The van der Waals surface area contributed by atoms with E-state index in [1.54, 1.807) is 4.68 Å². The van der Waals surface area contributed by atoms with Crippen LogP contribution in [0, 0.1) is 0 Å². The van der Waals surface area contributed by atoms with Crippen molar-refractivity contribution in [3.63, 3.8) is 0 Å². The second-order valence-corrected chi connectivity index (χ2v) is 7.13. The second kappa shape index (κ2) is 7.80. The maximum atomic E-state index is 12.6. The molecule has 0 saturated carbocycles. The van der Waals surface area contributed by atoms with E-state index in [0.717, 1.165) is 11.3 Å². The Bertz CT molecular complexity index is 928. The fraction of sp³-hybridized carbons (Fsp3) is 0.333. The molecule has 1 amide bonds. The third kappa shape index (κ3) is 3.60. The number of rotatable bonds is 7. The number of para-hydroxylation sites is 1. The Morgan fingerprint density at radius 1 is 1.07 bits per heavy atom. The molecular formula is C21H23N5O2. The van der Waals surface area contributed by atoms with E-state index in [4.69, 9.17) is 4.74 Å². The molecule has 0 N–H and O–H groups in total.